The van der Waals surface area contributed by atoms with Crippen LogP contribution < -0.4 is 9.64 Å². The first-order valence-electron chi connectivity index (χ1n) is 7.61. The number of hydrogen-bond acceptors (Lipinski definition) is 5. The van der Waals surface area contributed by atoms with Crippen LogP contribution in [0.15, 0.2) is 36.7 Å². The molecule has 6 heteroatoms. The lowest BCUT2D eigenvalue weighted by Crippen LogP contribution is -2.34. The van der Waals surface area contributed by atoms with Crippen molar-refractivity contribution in [3.8, 4) is 5.75 Å². The summed E-state index contributed by atoms with van der Waals surface area (Å²) in [4.78, 5) is 12.6. The van der Waals surface area contributed by atoms with Crippen LogP contribution >= 0.6 is 0 Å². The zero-order valence-corrected chi connectivity index (χ0v) is 13.6. The fourth-order valence-corrected chi connectivity index (χ4v) is 3.12. The second-order valence-corrected chi connectivity index (χ2v) is 6.02. The van der Waals surface area contributed by atoms with Crippen molar-refractivity contribution >= 4 is 5.95 Å². The molecule has 3 rings (SSSR count). The second-order valence-electron chi connectivity index (χ2n) is 6.02. The van der Waals surface area contributed by atoms with Crippen LogP contribution in [0.4, 0.5) is 10.3 Å². The van der Waals surface area contributed by atoms with E-state index < -0.39 is 5.82 Å². The largest absolute Gasteiger partial charge is 0.497 e. The maximum Gasteiger partial charge on any atom is 0.225 e. The Hall–Kier alpha value is -2.21. The molecular formula is C17H21FN4O. The fraction of sp³-hybridized carbons (Fsp3) is 0.412. The maximum absolute atomic E-state index is 13.0. The molecule has 0 N–H and O–H groups in total. The van der Waals surface area contributed by atoms with Crippen molar-refractivity contribution in [1.82, 2.24) is 14.9 Å². The molecule has 1 aromatic heterocycles. The van der Waals surface area contributed by atoms with E-state index in [1.165, 1.54) is 18.0 Å². The number of halogens is 1. The molecule has 0 radical (unpaired) electrons. The predicted molar refractivity (Wildman–Crippen MR) is 87.4 cm³/mol. The van der Waals surface area contributed by atoms with E-state index in [1.807, 2.05) is 12.1 Å². The number of benzene rings is 1. The summed E-state index contributed by atoms with van der Waals surface area (Å²) >= 11 is 0. The standard InChI is InChI=1S/C17H21FN4O/c1-21(2)16-11-22(17-19-8-13(18)9-20-17)10-15(16)12-4-6-14(23-3)7-5-12/h4-9,15-16H,10-11H2,1-3H3/t15-,16+/m0/s1. The molecule has 122 valence electrons. The third kappa shape index (κ3) is 3.27. The van der Waals surface area contributed by atoms with E-state index in [9.17, 15) is 4.39 Å². The summed E-state index contributed by atoms with van der Waals surface area (Å²) in [6, 6.07) is 8.53. The number of ether oxygens (including phenoxy) is 1. The third-order valence-corrected chi connectivity index (χ3v) is 4.39. The van der Waals surface area contributed by atoms with Gasteiger partial charge in [-0.25, -0.2) is 14.4 Å². The normalized spacial score (nSPS) is 21.0. The lowest BCUT2D eigenvalue weighted by Gasteiger charge is -2.25. The van der Waals surface area contributed by atoms with Gasteiger partial charge < -0.3 is 14.5 Å². The molecule has 2 aromatic rings. The van der Waals surface area contributed by atoms with Gasteiger partial charge in [-0.3, -0.25) is 0 Å². The van der Waals surface area contributed by atoms with E-state index in [4.69, 9.17) is 4.74 Å². The van der Waals surface area contributed by atoms with Crippen molar-refractivity contribution in [2.24, 2.45) is 0 Å². The zero-order valence-electron chi connectivity index (χ0n) is 13.6. The smallest absolute Gasteiger partial charge is 0.225 e. The Bertz CT molecular complexity index is 645. The van der Waals surface area contributed by atoms with Crippen molar-refractivity contribution in [3.63, 3.8) is 0 Å². The maximum atomic E-state index is 13.0. The van der Waals surface area contributed by atoms with E-state index in [2.05, 4.69) is 46.0 Å². The average Bonchev–Trinajstić information content (AvgIpc) is 3.01. The van der Waals surface area contributed by atoms with Gasteiger partial charge in [-0.15, -0.1) is 0 Å². The highest BCUT2D eigenvalue weighted by Gasteiger charge is 2.36. The minimum Gasteiger partial charge on any atom is -0.497 e. The summed E-state index contributed by atoms with van der Waals surface area (Å²) in [5.74, 6) is 1.36. The van der Waals surface area contributed by atoms with E-state index in [0.29, 0.717) is 17.9 Å². The quantitative estimate of drug-likeness (QED) is 0.864. The van der Waals surface area contributed by atoms with Gasteiger partial charge in [0.2, 0.25) is 5.95 Å². The molecule has 0 aliphatic carbocycles. The van der Waals surface area contributed by atoms with Gasteiger partial charge in [0.1, 0.15) is 5.75 Å². The monoisotopic (exact) mass is 316 g/mol. The Morgan fingerprint density at radius 1 is 1.13 bits per heavy atom. The van der Waals surface area contributed by atoms with Crippen molar-refractivity contribution in [2.45, 2.75) is 12.0 Å². The molecule has 0 amide bonds. The summed E-state index contributed by atoms with van der Waals surface area (Å²) in [5.41, 5.74) is 1.26. The number of aromatic nitrogens is 2. The van der Waals surface area contributed by atoms with Crippen LogP contribution in [0, 0.1) is 5.82 Å². The summed E-state index contributed by atoms with van der Waals surface area (Å²) in [6.07, 6.45) is 2.43. The Balaban J connectivity index is 1.84. The molecule has 2 atom stereocenters. The first kappa shape index (κ1) is 15.7. The highest BCUT2D eigenvalue weighted by Crippen LogP contribution is 2.32. The molecule has 1 aromatic carbocycles. The van der Waals surface area contributed by atoms with Crippen molar-refractivity contribution in [3.05, 3.63) is 48.0 Å². The molecule has 0 spiro atoms. The predicted octanol–water partition coefficient (Wildman–Crippen LogP) is 2.16. The first-order valence-corrected chi connectivity index (χ1v) is 7.61. The molecule has 1 saturated heterocycles. The number of anilines is 1. The molecule has 1 fully saturated rings. The van der Waals surface area contributed by atoms with Gasteiger partial charge in [0.05, 0.1) is 19.5 Å². The van der Waals surface area contributed by atoms with Crippen LogP contribution in [0.3, 0.4) is 0 Å². The molecule has 0 bridgehead atoms. The molecule has 1 aliphatic heterocycles. The second kappa shape index (κ2) is 6.50. The van der Waals surface area contributed by atoms with Gasteiger partial charge in [0, 0.05) is 25.0 Å². The molecule has 0 unspecified atom stereocenters. The van der Waals surface area contributed by atoms with Gasteiger partial charge in [-0.2, -0.15) is 0 Å². The van der Waals surface area contributed by atoms with E-state index >= 15 is 0 Å². The Morgan fingerprint density at radius 2 is 1.78 bits per heavy atom. The van der Waals surface area contributed by atoms with Gasteiger partial charge in [-0.05, 0) is 31.8 Å². The summed E-state index contributed by atoms with van der Waals surface area (Å²) < 4.78 is 18.3. The van der Waals surface area contributed by atoms with Crippen molar-refractivity contribution < 1.29 is 9.13 Å². The van der Waals surface area contributed by atoms with Gasteiger partial charge in [0.25, 0.3) is 0 Å². The molecule has 0 saturated carbocycles. The van der Waals surface area contributed by atoms with E-state index in [0.717, 1.165) is 18.8 Å². The summed E-state index contributed by atoms with van der Waals surface area (Å²) in [6.45, 7) is 1.62. The molecular weight excluding hydrogens is 295 g/mol. The number of likely N-dealkylation sites (N-methyl/N-ethyl adjacent to an activating group) is 1. The van der Waals surface area contributed by atoms with Crippen LogP contribution in [-0.4, -0.2) is 55.2 Å². The zero-order chi connectivity index (χ0) is 16.4. The van der Waals surface area contributed by atoms with E-state index in [-0.39, 0.29) is 0 Å². The van der Waals surface area contributed by atoms with Gasteiger partial charge in [-0.1, -0.05) is 12.1 Å². The Morgan fingerprint density at radius 3 is 2.35 bits per heavy atom. The van der Waals surface area contributed by atoms with Crippen LogP contribution in [0.25, 0.3) is 0 Å². The van der Waals surface area contributed by atoms with Crippen LogP contribution in [0.2, 0.25) is 0 Å². The summed E-state index contributed by atoms with van der Waals surface area (Å²) in [7, 11) is 5.83. The number of rotatable bonds is 4. The Kier molecular flexibility index (Phi) is 4.43. The molecule has 5 nitrogen and oxygen atoms in total. The van der Waals surface area contributed by atoms with Gasteiger partial charge in [0.15, 0.2) is 5.82 Å². The molecule has 2 heterocycles. The number of hydrogen-bond donors (Lipinski definition) is 0. The minimum absolute atomic E-state index is 0.338. The molecule has 1 aliphatic rings. The van der Waals surface area contributed by atoms with Crippen LogP contribution in [0.5, 0.6) is 5.75 Å². The lowest BCUT2D eigenvalue weighted by atomic mass is 9.93. The third-order valence-electron chi connectivity index (χ3n) is 4.39. The van der Waals surface area contributed by atoms with Gasteiger partial charge >= 0.3 is 0 Å². The highest BCUT2D eigenvalue weighted by atomic mass is 19.1. The number of nitrogens with zero attached hydrogens (tertiary/aromatic N) is 4. The number of methoxy groups -OCH3 is 1. The van der Waals surface area contributed by atoms with E-state index in [1.54, 1.807) is 7.11 Å². The van der Waals surface area contributed by atoms with Crippen molar-refractivity contribution in [1.29, 1.82) is 0 Å². The van der Waals surface area contributed by atoms with Crippen molar-refractivity contribution in [2.75, 3.05) is 39.2 Å². The summed E-state index contributed by atoms with van der Waals surface area (Å²) in [5, 5.41) is 0. The van der Waals surface area contributed by atoms with Crippen LogP contribution in [0.1, 0.15) is 11.5 Å². The lowest BCUT2D eigenvalue weighted by molar-refractivity contribution is 0.292. The topological polar surface area (TPSA) is 41.5 Å². The average molecular weight is 316 g/mol. The first-order chi connectivity index (χ1) is 11.1. The molecule has 23 heavy (non-hydrogen) atoms. The fourth-order valence-electron chi connectivity index (χ4n) is 3.12. The van der Waals surface area contributed by atoms with Crippen LogP contribution in [-0.2, 0) is 0 Å². The highest BCUT2D eigenvalue weighted by molar-refractivity contribution is 5.39. The minimum atomic E-state index is -0.413. The SMILES string of the molecule is COc1ccc([C@@H]2CN(c3ncc(F)cn3)C[C@H]2N(C)C)cc1. The Labute approximate surface area is 135 Å².